The van der Waals surface area contributed by atoms with Gasteiger partial charge in [-0.1, -0.05) is 133 Å². The van der Waals surface area contributed by atoms with Gasteiger partial charge in [0.15, 0.2) is 0 Å². The minimum absolute atomic E-state index is 0. The third-order valence-electron chi connectivity index (χ3n) is 10.2. The average Bonchev–Trinajstić information content (AvgIpc) is 3.36. The molecule has 0 aliphatic carbocycles. The number of amides is 2. The SMILES string of the molecule is C.CC=CC(=O)NCCN(CCCC)C(=O)C=CC.CCC/C(C)=C(/C)CCC.CCCCC.CNCCC(=O)OC.CNCCC(=O)OCC/C(C)=C(/C)CCOC(=O)CCNC.COc1ccccc1. The van der Waals surface area contributed by atoms with Crippen molar-refractivity contribution in [3.8, 4) is 5.75 Å². The first-order valence-corrected chi connectivity index (χ1v) is 26.1. The van der Waals surface area contributed by atoms with Crippen LogP contribution in [0.15, 0.2) is 76.9 Å². The molecule has 14 nitrogen and oxygen atoms in total. The lowest BCUT2D eigenvalue weighted by Crippen LogP contribution is -2.38. The van der Waals surface area contributed by atoms with Gasteiger partial charge >= 0.3 is 17.9 Å². The van der Waals surface area contributed by atoms with Crippen LogP contribution < -0.4 is 26.0 Å². The number of nitrogens with zero attached hydrogens (tertiary/aromatic N) is 1. The van der Waals surface area contributed by atoms with E-state index in [4.69, 9.17) is 14.2 Å². The van der Waals surface area contributed by atoms with Gasteiger partial charge in [-0.15, -0.1) is 0 Å². The van der Waals surface area contributed by atoms with E-state index in [1.165, 1.54) is 69.3 Å². The third-order valence-corrected chi connectivity index (χ3v) is 10.2. The van der Waals surface area contributed by atoms with Crippen LogP contribution in [0, 0.1) is 0 Å². The Morgan fingerprint density at radius 1 is 0.528 bits per heavy atom. The van der Waals surface area contributed by atoms with Gasteiger partial charge in [0.25, 0.3) is 0 Å². The molecule has 0 radical (unpaired) electrons. The predicted octanol–water partition coefficient (Wildman–Crippen LogP) is 11.5. The van der Waals surface area contributed by atoms with E-state index in [0.29, 0.717) is 78.0 Å². The lowest BCUT2D eigenvalue weighted by Gasteiger charge is -2.21. The number of hydrogen-bond acceptors (Lipinski definition) is 12. The summed E-state index contributed by atoms with van der Waals surface area (Å²) in [4.78, 5) is 57.7. The number of para-hydroxylation sites is 1. The molecule has 1 rings (SSSR count). The molecule has 0 aromatic heterocycles. The fourth-order valence-electron chi connectivity index (χ4n) is 5.53. The molecule has 1 aromatic carbocycles. The molecule has 1 aromatic rings. The first-order chi connectivity index (χ1) is 34.0. The van der Waals surface area contributed by atoms with Gasteiger partial charge in [0.1, 0.15) is 5.75 Å². The molecule has 0 fully saturated rings. The number of carbonyl (C=O) groups is 5. The Morgan fingerprint density at radius 3 is 1.28 bits per heavy atom. The first kappa shape index (κ1) is 78.6. The van der Waals surface area contributed by atoms with Gasteiger partial charge in [0.2, 0.25) is 11.8 Å². The normalized spacial score (nSPS) is 10.7. The summed E-state index contributed by atoms with van der Waals surface area (Å²) >= 11 is 0. The lowest BCUT2D eigenvalue weighted by molar-refractivity contribution is -0.144. The highest BCUT2D eigenvalue weighted by Crippen LogP contribution is 2.14. The minimum atomic E-state index is -0.182. The van der Waals surface area contributed by atoms with Crippen molar-refractivity contribution in [1.82, 2.24) is 26.2 Å². The number of nitrogens with one attached hydrogen (secondary N) is 4. The molecule has 0 saturated heterocycles. The Hall–Kier alpha value is -4.79. The molecule has 14 heteroatoms. The van der Waals surface area contributed by atoms with E-state index >= 15 is 0 Å². The standard InChI is InChI=1S/C16H30N2O4.C14H24N2O2.C10H20.C7H8O.C5H11NO2.C5H12.CH4/c1-13(7-11-21-15(19)5-9-17-3)14(2)8-12-22-16(20)6-10-18-4;1-4-7-11-16(14(18)9-6-3)12-10-15-13(17)8-5-2;1-5-7-9(3)10(4)8-6-2;1-8-7-5-3-2-4-6-7;1-6-4-3-5(7)8-2;1-3-5-4-2;/h17-18H,5-12H2,1-4H3;5-6,8-9H,4,7,10-12H2,1-3H3,(H,15,17);5-8H2,1-4H3;2-6H,1H3;6H,3-4H2,1-2H3;3-5H2,1-2H3;1H4/b14-13-;;10-9-;;;;. The van der Waals surface area contributed by atoms with Gasteiger partial charge < -0.3 is 45.1 Å². The van der Waals surface area contributed by atoms with E-state index in [2.05, 4.69) is 74.5 Å². The number of allylic oxidation sites excluding steroid dienone is 4. The predicted molar refractivity (Wildman–Crippen MR) is 304 cm³/mol. The topological polar surface area (TPSA) is 174 Å². The number of esters is 3. The smallest absolute Gasteiger partial charge is 0.307 e. The van der Waals surface area contributed by atoms with Crippen molar-refractivity contribution in [2.24, 2.45) is 0 Å². The van der Waals surface area contributed by atoms with Crippen LogP contribution in [0.25, 0.3) is 0 Å². The Kier molecular flexibility index (Phi) is 68.1. The monoisotopic (exact) mass is 1020 g/mol. The van der Waals surface area contributed by atoms with Crippen LogP contribution in [0.5, 0.6) is 5.75 Å². The molecule has 0 heterocycles. The highest BCUT2D eigenvalue weighted by molar-refractivity contribution is 5.88. The molecule has 2 amide bonds. The number of methoxy groups -OCH3 is 2. The summed E-state index contributed by atoms with van der Waals surface area (Å²) in [6.45, 7) is 27.7. The van der Waals surface area contributed by atoms with E-state index < -0.39 is 0 Å². The second kappa shape index (κ2) is 62.3. The molecule has 0 bridgehead atoms. The average molecular weight is 1020 g/mol. The summed E-state index contributed by atoms with van der Waals surface area (Å²) < 4.78 is 19.6. The number of benzene rings is 1. The largest absolute Gasteiger partial charge is 0.497 e. The number of unbranched alkanes of at least 4 members (excludes halogenated alkanes) is 3. The second-order valence-corrected chi connectivity index (χ2v) is 16.5. The minimum Gasteiger partial charge on any atom is -0.497 e. The molecule has 0 spiro atoms. The van der Waals surface area contributed by atoms with Crippen molar-refractivity contribution in [3.05, 3.63) is 76.9 Å². The molecule has 0 saturated carbocycles. The zero-order valence-electron chi connectivity index (χ0n) is 47.9. The Labute approximate surface area is 441 Å². The molecule has 420 valence electrons. The van der Waals surface area contributed by atoms with Gasteiger partial charge in [0.05, 0.1) is 46.7 Å². The second-order valence-electron chi connectivity index (χ2n) is 16.5. The molecule has 0 atom stereocenters. The van der Waals surface area contributed by atoms with Crippen LogP contribution in [-0.2, 0) is 38.2 Å². The van der Waals surface area contributed by atoms with Crippen molar-refractivity contribution >= 4 is 29.7 Å². The van der Waals surface area contributed by atoms with Crippen LogP contribution in [0.1, 0.15) is 173 Å². The Balaban J connectivity index is -0.000000194. The number of ether oxygens (including phenoxy) is 4. The number of hydrogen-bond donors (Lipinski definition) is 4. The summed E-state index contributed by atoms with van der Waals surface area (Å²) in [5.41, 5.74) is 5.55. The maximum atomic E-state index is 11.8. The van der Waals surface area contributed by atoms with E-state index in [1.54, 1.807) is 69.5 Å². The van der Waals surface area contributed by atoms with E-state index in [1.807, 2.05) is 51.1 Å². The highest BCUT2D eigenvalue weighted by Gasteiger charge is 2.10. The molecular formula is C58H109N5O9. The van der Waals surface area contributed by atoms with E-state index in [0.717, 1.165) is 25.1 Å². The van der Waals surface area contributed by atoms with E-state index in [-0.39, 0.29) is 37.1 Å². The summed E-state index contributed by atoms with van der Waals surface area (Å²) in [6.07, 6.45) is 20.4. The zero-order chi connectivity index (χ0) is 54.9. The molecule has 0 unspecified atom stereocenters. The van der Waals surface area contributed by atoms with Crippen LogP contribution in [0.3, 0.4) is 0 Å². The maximum Gasteiger partial charge on any atom is 0.307 e. The van der Waals surface area contributed by atoms with Crippen LogP contribution in [0.2, 0.25) is 0 Å². The fraction of sp³-hybridized carbons (Fsp3) is 0.672. The maximum absolute atomic E-state index is 11.8. The number of rotatable bonds is 30. The summed E-state index contributed by atoms with van der Waals surface area (Å²) in [5, 5.41) is 11.4. The first-order valence-electron chi connectivity index (χ1n) is 26.1. The Bertz CT molecular complexity index is 1500. The fourth-order valence-corrected chi connectivity index (χ4v) is 5.53. The Morgan fingerprint density at radius 2 is 0.944 bits per heavy atom. The quantitative estimate of drug-likeness (QED) is 0.0249. The molecule has 0 aliphatic rings. The van der Waals surface area contributed by atoms with Gasteiger partial charge in [-0.05, 0) is 106 Å². The molecule has 4 N–H and O–H groups in total. The van der Waals surface area contributed by atoms with Crippen LogP contribution >= 0.6 is 0 Å². The van der Waals surface area contributed by atoms with Crippen molar-refractivity contribution in [2.75, 3.05) is 87.8 Å². The summed E-state index contributed by atoms with van der Waals surface area (Å²) in [7, 11) is 8.44. The van der Waals surface area contributed by atoms with Crippen LogP contribution in [-0.4, -0.2) is 122 Å². The van der Waals surface area contributed by atoms with Gasteiger partial charge in [-0.2, -0.15) is 0 Å². The molecule has 0 aliphatic heterocycles. The van der Waals surface area contributed by atoms with Gasteiger partial charge in [-0.3, -0.25) is 24.0 Å². The van der Waals surface area contributed by atoms with Gasteiger partial charge in [0, 0.05) is 52.1 Å². The molecule has 72 heavy (non-hydrogen) atoms. The van der Waals surface area contributed by atoms with Crippen molar-refractivity contribution in [2.45, 2.75) is 173 Å². The van der Waals surface area contributed by atoms with E-state index in [9.17, 15) is 24.0 Å². The molecular weight excluding hydrogens is 911 g/mol. The lowest BCUT2D eigenvalue weighted by atomic mass is 10.0. The van der Waals surface area contributed by atoms with Gasteiger partial charge in [-0.25, -0.2) is 0 Å². The summed E-state index contributed by atoms with van der Waals surface area (Å²) in [5.74, 6) is 0.265. The van der Waals surface area contributed by atoms with Crippen molar-refractivity contribution in [1.29, 1.82) is 0 Å². The van der Waals surface area contributed by atoms with Crippen molar-refractivity contribution in [3.63, 3.8) is 0 Å². The highest BCUT2D eigenvalue weighted by atomic mass is 16.5. The van der Waals surface area contributed by atoms with Crippen molar-refractivity contribution < 1.29 is 42.9 Å². The third kappa shape index (κ3) is 59.5. The zero-order valence-corrected chi connectivity index (χ0v) is 47.9. The van der Waals surface area contributed by atoms with Crippen LogP contribution in [0.4, 0.5) is 0 Å². The summed E-state index contributed by atoms with van der Waals surface area (Å²) in [6, 6.07) is 9.68. The number of carbonyl (C=O) groups excluding carboxylic acids is 5.